The van der Waals surface area contributed by atoms with Crippen LogP contribution in [0.3, 0.4) is 0 Å². The summed E-state index contributed by atoms with van der Waals surface area (Å²) in [4.78, 5) is 38.6. The first-order valence-electron chi connectivity index (χ1n) is 13.2. The Morgan fingerprint density at radius 2 is 1.79 bits per heavy atom. The summed E-state index contributed by atoms with van der Waals surface area (Å²) >= 11 is 0. The zero-order valence-corrected chi connectivity index (χ0v) is 22.2. The Balaban J connectivity index is 1.52. The number of hydrogen-bond acceptors (Lipinski definition) is 7. The fourth-order valence-corrected chi connectivity index (χ4v) is 7.97. The molecule has 4 N–H and O–H groups in total. The number of carboxylic acid groups (broad SMARTS) is 1. The summed E-state index contributed by atoms with van der Waals surface area (Å²) in [5.41, 5.74) is -3.54. The van der Waals surface area contributed by atoms with E-state index in [0.717, 1.165) is 0 Å². The standard InChI is InChI=1S/C30H36O8/c1-16-10-22-28(36,24(16)32)14-19(15-31)12-21-23-27(3,4)29(23,13-17(2)30(21,22)37)38-26(35)20(25(33)34)11-18-8-6-5-7-9-18/h5-10,12,17,20-23,31,36-37H,11,13-15H2,1-4H3,(H,33,34)/t17-,20+,21+,22-,23+,28-,29+,30-/m1/s1. The molecule has 0 radical (unpaired) electrons. The van der Waals surface area contributed by atoms with Crippen LogP contribution in [0.25, 0.3) is 0 Å². The summed E-state index contributed by atoms with van der Waals surface area (Å²) in [6.07, 6.45) is 3.55. The number of rotatable bonds is 6. The van der Waals surface area contributed by atoms with E-state index in [1.54, 1.807) is 43.3 Å². The van der Waals surface area contributed by atoms with Crippen LogP contribution in [0.15, 0.2) is 53.6 Å². The fraction of sp³-hybridized carbons (Fsp3) is 0.567. The Morgan fingerprint density at radius 1 is 1.13 bits per heavy atom. The van der Waals surface area contributed by atoms with Gasteiger partial charge >= 0.3 is 11.9 Å². The maximum Gasteiger partial charge on any atom is 0.321 e. The lowest BCUT2D eigenvalue weighted by Gasteiger charge is -2.50. The summed E-state index contributed by atoms with van der Waals surface area (Å²) in [5.74, 6) is -6.38. The van der Waals surface area contributed by atoms with Crippen molar-refractivity contribution in [3.8, 4) is 0 Å². The van der Waals surface area contributed by atoms with Crippen LogP contribution in [-0.4, -0.2) is 61.6 Å². The topological polar surface area (TPSA) is 141 Å². The molecule has 2 fully saturated rings. The number of fused-ring (bicyclic) bond motifs is 5. The molecule has 8 heteroatoms. The van der Waals surface area contributed by atoms with E-state index in [0.29, 0.717) is 16.7 Å². The molecule has 1 aromatic carbocycles. The van der Waals surface area contributed by atoms with Gasteiger partial charge in [-0.2, -0.15) is 0 Å². The fourth-order valence-electron chi connectivity index (χ4n) is 7.97. The van der Waals surface area contributed by atoms with Crippen LogP contribution in [0, 0.1) is 35.0 Å². The largest absolute Gasteiger partial charge is 0.481 e. The molecule has 0 spiro atoms. The predicted molar refractivity (Wildman–Crippen MR) is 137 cm³/mol. The number of aliphatic hydroxyl groups is 3. The van der Waals surface area contributed by atoms with Gasteiger partial charge in [0.05, 0.1) is 12.2 Å². The average Bonchev–Trinajstić information content (AvgIpc) is 3.26. The predicted octanol–water partition coefficient (Wildman–Crippen LogP) is 2.45. The molecule has 0 unspecified atom stereocenters. The van der Waals surface area contributed by atoms with E-state index in [9.17, 15) is 34.8 Å². The van der Waals surface area contributed by atoms with Gasteiger partial charge in [0.2, 0.25) is 0 Å². The molecule has 0 saturated heterocycles. The van der Waals surface area contributed by atoms with Crippen LogP contribution < -0.4 is 0 Å². The molecular weight excluding hydrogens is 488 g/mol. The minimum atomic E-state index is -1.86. The molecule has 0 amide bonds. The third-order valence-corrected chi connectivity index (χ3v) is 10.0. The van der Waals surface area contributed by atoms with E-state index >= 15 is 0 Å². The van der Waals surface area contributed by atoms with E-state index in [1.165, 1.54) is 0 Å². The molecule has 0 heterocycles. The first-order chi connectivity index (χ1) is 17.7. The lowest BCUT2D eigenvalue weighted by molar-refractivity contribution is -0.190. The molecule has 0 bridgehead atoms. The van der Waals surface area contributed by atoms with E-state index < -0.39 is 69.5 Å². The van der Waals surface area contributed by atoms with Crippen molar-refractivity contribution in [1.82, 2.24) is 0 Å². The van der Waals surface area contributed by atoms with Crippen molar-refractivity contribution < 1.29 is 39.5 Å². The number of carboxylic acids is 1. The van der Waals surface area contributed by atoms with Gasteiger partial charge in [-0.25, -0.2) is 0 Å². The second-order valence-corrected chi connectivity index (χ2v) is 12.3. The number of ketones is 1. The second kappa shape index (κ2) is 8.60. The first kappa shape index (κ1) is 26.8. The normalized spacial score (nSPS) is 39.5. The number of carbonyl (C=O) groups is 3. The molecule has 204 valence electrons. The van der Waals surface area contributed by atoms with E-state index in [2.05, 4.69) is 0 Å². The highest BCUT2D eigenvalue weighted by Crippen LogP contribution is 2.76. The molecular formula is C30H36O8. The molecule has 4 aliphatic rings. The summed E-state index contributed by atoms with van der Waals surface area (Å²) in [7, 11) is 0. The molecule has 4 aliphatic carbocycles. The van der Waals surface area contributed by atoms with Gasteiger partial charge in [0.1, 0.15) is 11.2 Å². The molecule has 5 rings (SSSR count). The number of ether oxygens (including phenoxy) is 1. The van der Waals surface area contributed by atoms with Crippen molar-refractivity contribution in [2.45, 2.75) is 63.8 Å². The zero-order chi connectivity index (χ0) is 27.8. The minimum absolute atomic E-state index is 0.00501. The molecule has 0 aliphatic heterocycles. The molecule has 1 aromatic rings. The monoisotopic (exact) mass is 524 g/mol. The maximum atomic E-state index is 13.4. The van der Waals surface area contributed by atoms with Gasteiger partial charge in [-0.05, 0) is 42.4 Å². The van der Waals surface area contributed by atoms with E-state index in [-0.39, 0.29) is 25.9 Å². The number of aliphatic carboxylic acids is 1. The van der Waals surface area contributed by atoms with Crippen molar-refractivity contribution in [2.75, 3.05) is 6.61 Å². The highest BCUT2D eigenvalue weighted by Gasteiger charge is 2.83. The summed E-state index contributed by atoms with van der Waals surface area (Å²) in [6.45, 7) is 6.91. The number of esters is 1. The first-order valence-corrected chi connectivity index (χ1v) is 13.2. The Bertz CT molecular complexity index is 1250. The van der Waals surface area contributed by atoms with Crippen LogP contribution in [0.1, 0.15) is 46.1 Å². The summed E-state index contributed by atoms with van der Waals surface area (Å²) in [6, 6.07) is 8.91. The van der Waals surface area contributed by atoms with Gasteiger partial charge in [0.25, 0.3) is 0 Å². The van der Waals surface area contributed by atoms with Crippen molar-refractivity contribution in [2.24, 2.45) is 35.0 Å². The highest BCUT2D eigenvalue weighted by molar-refractivity contribution is 6.04. The smallest absolute Gasteiger partial charge is 0.321 e. The van der Waals surface area contributed by atoms with Gasteiger partial charge in [0.15, 0.2) is 11.7 Å². The van der Waals surface area contributed by atoms with Crippen molar-refractivity contribution >= 4 is 17.7 Å². The minimum Gasteiger partial charge on any atom is -0.481 e. The Kier molecular flexibility index (Phi) is 6.06. The van der Waals surface area contributed by atoms with Gasteiger partial charge in [-0.15, -0.1) is 0 Å². The third kappa shape index (κ3) is 3.50. The van der Waals surface area contributed by atoms with Crippen LogP contribution in [-0.2, 0) is 25.5 Å². The van der Waals surface area contributed by atoms with Crippen LogP contribution in [0.2, 0.25) is 0 Å². The SMILES string of the molecule is CC1=C[C@H]2[C@@]3(O)[C@H](C)C[C@]4(OC(=O)[C@@H](Cc5ccccc5)C(=O)O)[C@@H]([C@@H]3C=C(CO)C[C@]2(O)C1=O)C4(C)C. The highest BCUT2D eigenvalue weighted by atomic mass is 16.6. The maximum absolute atomic E-state index is 13.4. The molecule has 2 saturated carbocycles. The zero-order valence-electron chi connectivity index (χ0n) is 22.2. The Hall–Kier alpha value is -2.81. The summed E-state index contributed by atoms with van der Waals surface area (Å²) < 4.78 is 6.15. The Labute approximate surface area is 222 Å². The van der Waals surface area contributed by atoms with Gasteiger partial charge in [0, 0.05) is 29.6 Å². The van der Waals surface area contributed by atoms with Gasteiger partial charge in [-0.1, -0.05) is 63.3 Å². The van der Waals surface area contributed by atoms with Crippen molar-refractivity contribution in [3.05, 3.63) is 59.2 Å². The number of hydrogen-bond donors (Lipinski definition) is 4. The molecule has 38 heavy (non-hydrogen) atoms. The van der Waals surface area contributed by atoms with Gasteiger partial charge < -0.3 is 25.2 Å². The van der Waals surface area contributed by atoms with Gasteiger partial charge in [-0.3, -0.25) is 14.4 Å². The van der Waals surface area contributed by atoms with Crippen LogP contribution in [0.4, 0.5) is 0 Å². The lowest BCUT2D eigenvalue weighted by atomic mass is 9.60. The number of aliphatic hydroxyl groups excluding tert-OH is 1. The van der Waals surface area contributed by atoms with E-state index in [1.807, 2.05) is 26.8 Å². The average molecular weight is 525 g/mol. The molecule has 8 nitrogen and oxygen atoms in total. The Morgan fingerprint density at radius 3 is 2.39 bits per heavy atom. The number of benzene rings is 1. The number of Topliss-reactive ketones (excluding diaryl/α,β-unsaturated/α-hetero) is 1. The molecule has 0 aromatic heterocycles. The van der Waals surface area contributed by atoms with Crippen LogP contribution >= 0.6 is 0 Å². The molecule has 8 atom stereocenters. The third-order valence-electron chi connectivity index (χ3n) is 10.0. The van der Waals surface area contributed by atoms with E-state index in [4.69, 9.17) is 4.74 Å². The van der Waals surface area contributed by atoms with Crippen molar-refractivity contribution in [1.29, 1.82) is 0 Å². The quantitative estimate of drug-likeness (QED) is 0.253. The van der Waals surface area contributed by atoms with Crippen molar-refractivity contribution in [3.63, 3.8) is 0 Å². The lowest BCUT2D eigenvalue weighted by Crippen LogP contribution is -2.61. The second-order valence-electron chi connectivity index (χ2n) is 12.3. The number of carbonyl (C=O) groups excluding carboxylic acids is 2. The summed E-state index contributed by atoms with van der Waals surface area (Å²) in [5, 5.41) is 44.0. The van der Waals surface area contributed by atoms with Crippen LogP contribution in [0.5, 0.6) is 0 Å².